The molecule has 4 aromatic rings. The first-order valence-electron chi connectivity index (χ1n) is 13.0. The first-order chi connectivity index (χ1) is 19.4. The molecule has 1 N–H and O–H groups in total. The normalized spacial score (nSPS) is 13.4. The molecule has 1 aromatic heterocycles. The van der Waals surface area contributed by atoms with Crippen molar-refractivity contribution in [3.05, 3.63) is 79.9 Å². The number of nitrogens with zero attached hydrogens (tertiary/aromatic N) is 1. The molecule has 0 saturated heterocycles. The highest BCUT2D eigenvalue weighted by Crippen LogP contribution is 2.44. The van der Waals surface area contributed by atoms with Gasteiger partial charge in [0, 0.05) is 34.9 Å². The van der Waals surface area contributed by atoms with E-state index in [2.05, 4.69) is 15.9 Å². The van der Waals surface area contributed by atoms with Gasteiger partial charge in [-0.05, 0) is 64.5 Å². The number of allylic oxidation sites excluding steroid dienone is 2. The van der Waals surface area contributed by atoms with Crippen molar-refractivity contribution in [2.24, 2.45) is 0 Å². The molecular formula is C32H30BrNO7. The second-order valence-corrected chi connectivity index (χ2v) is 11.5. The quantitative estimate of drug-likeness (QED) is 0.180. The smallest absolute Gasteiger partial charge is 0.419 e. The molecule has 0 spiro atoms. The maximum absolute atomic E-state index is 14.0. The molecule has 0 aliphatic carbocycles. The molecule has 0 bridgehead atoms. The molecule has 212 valence electrons. The zero-order valence-electron chi connectivity index (χ0n) is 23.6. The Hall–Kier alpha value is -4.24. The van der Waals surface area contributed by atoms with E-state index in [1.165, 1.54) is 18.1 Å². The zero-order valence-corrected chi connectivity index (χ0v) is 25.2. The van der Waals surface area contributed by atoms with Crippen molar-refractivity contribution in [2.45, 2.75) is 39.7 Å². The van der Waals surface area contributed by atoms with E-state index in [0.717, 1.165) is 10.0 Å². The van der Waals surface area contributed by atoms with Crippen molar-refractivity contribution in [3.8, 4) is 23.0 Å². The van der Waals surface area contributed by atoms with Gasteiger partial charge in [-0.25, -0.2) is 4.79 Å². The van der Waals surface area contributed by atoms with Crippen molar-refractivity contribution >= 4 is 55.7 Å². The number of carbonyl (C=O) groups excluding carboxylic acids is 1. The Morgan fingerprint density at radius 1 is 1.15 bits per heavy atom. The number of aromatic hydroxyl groups is 1. The van der Waals surface area contributed by atoms with E-state index in [-0.39, 0.29) is 39.2 Å². The second-order valence-electron chi connectivity index (χ2n) is 10.6. The standard InChI is InChI=1S/C32H30BrNO7/c1-17(2)10-11-21-26-23(16-25(30(21)38-6)40-31(37)34(5)19-9-7-8-18(33)14-19)39-24-15-22-20(12-13-32(3,4)41-22)28(35)27(24)29(26)36/h7-10,12-16,35H,11H2,1-6H3. The number of amides is 1. The molecule has 9 heteroatoms. The summed E-state index contributed by atoms with van der Waals surface area (Å²) in [5.74, 6) is 0.484. The summed E-state index contributed by atoms with van der Waals surface area (Å²) in [6, 6.07) is 10.3. The monoisotopic (exact) mass is 619 g/mol. The van der Waals surface area contributed by atoms with Gasteiger partial charge in [-0.2, -0.15) is 0 Å². The number of carbonyl (C=O) groups is 1. The number of halogens is 1. The van der Waals surface area contributed by atoms with Gasteiger partial charge >= 0.3 is 6.09 Å². The number of phenolic OH excluding ortho intramolecular Hbond substituents is 1. The van der Waals surface area contributed by atoms with Crippen LogP contribution in [0.1, 0.15) is 38.8 Å². The SMILES string of the molecule is COc1c(OC(=O)N(C)c2cccc(Br)c2)cc2oc3cc4c(c(O)c3c(=O)c2c1CC=C(C)C)C=CC(C)(C)O4. The van der Waals surface area contributed by atoms with Crippen LogP contribution in [-0.4, -0.2) is 31.0 Å². The third-order valence-electron chi connectivity index (χ3n) is 6.86. The lowest BCUT2D eigenvalue weighted by atomic mass is 9.97. The predicted octanol–water partition coefficient (Wildman–Crippen LogP) is 7.75. The Balaban J connectivity index is 1.73. The highest BCUT2D eigenvalue weighted by molar-refractivity contribution is 9.10. The number of ether oxygens (including phenoxy) is 3. The van der Waals surface area contributed by atoms with Crippen LogP contribution in [-0.2, 0) is 6.42 Å². The highest BCUT2D eigenvalue weighted by atomic mass is 79.9. The van der Waals surface area contributed by atoms with Crippen LogP contribution in [0.4, 0.5) is 10.5 Å². The average molecular weight is 620 g/mol. The van der Waals surface area contributed by atoms with Crippen LogP contribution >= 0.6 is 15.9 Å². The summed E-state index contributed by atoms with van der Waals surface area (Å²) in [5, 5.41) is 11.4. The lowest BCUT2D eigenvalue weighted by Crippen LogP contribution is -2.29. The predicted molar refractivity (Wildman–Crippen MR) is 164 cm³/mol. The first kappa shape index (κ1) is 28.3. The summed E-state index contributed by atoms with van der Waals surface area (Å²) in [4.78, 5) is 28.6. The lowest BCUT2D eigenvalue weighted by Gasteiger charge is -2.28. The fourth-order valence-corrected chi connectivity index (χ4v) is 5.16. The average Bonchev–Trinajstić information content (AvgIpc) is 2.90. The number of fused-ring (bicyclic) bond motifs is 3. The molecule has 0 atom stereocenters. The van der Waals surface area contributed by atoms with Crippen molar-refractivity contribution in [2.75, 3.05) is 19.1 Å². The highest BCUT2D eigenvalue weighted by Gasteiger charge is 2.29. The van der Waals surface area contributed by atoms with Crippen molar-refractivity contribution in [1.29, 1.82) is 0 Å². The van der Waals surface area contributed by atoms with Gasteiger partial charge in [-0.15, -0.1) is 0 Å². The van der Waals surface area contributed by atoms with Crippen LogP contribution in [0.25, 0.3) is 28.0 Å². The molecule has 5 rings (SSSR count). The molecule has 2 heterocycles. The van der Waals surface area contributed by atoms with Crippen molar-refractivity contribution < 1.29 is 28.5 Å². The maximum Gasteiger partial charge on any atom is 0.419 e. The number of anilines is 1. The van der Waals surface area contributed by atoms with E-state index in [9.17, 15) is 14.7 Å². The molecular weight excluding hydrogens is 590 g/mol. The summed E-state index contributed by atoms with van der Waals surface area (Å²) in [6.07, 6.45) is 5.14. The van der Waals surface area contributed by atoms with E-state index >= 15 is 0 Å². The maximum atomic E-state index is 14.0. The van der Waals surface area contributed by atoms with E-state index in [1.807, 2.05) is 52.0 Å². The van der Waals surface area contributed by atoms with Gasteiger partial charge < -0.3 is 23.7 Å². The molecule has 1 aliphatic rings. The van der Waals surface area contributed by atoms with Crippen LogP contribution in [0, 0.1) is 0 Å². The number of hydrogen-bond donors (Lipinski definition) is 1. The fourth-order valence-electron chi connectivity index (χ4n) is 4.78. The molecule has 3 aromatic carbocycles. The van der Waals surface area contributed by atoms with Gasteiger partial charge in [0.2, 0.25) is 5.43 Å². The van der Waals surface area contributed by atoms with Crippen LogP contribution < -0.4 is 24.5 Å². The van der Waals surface area contributed by atoms with E-state index in [1.54, 1.807) is 31.3 Å². The summed E-state index contributed by atoms with van der Waals surface area (Å²) in [6.45, 7) is 7.65. The van der Waals surface area contributed by atoms with E-state index < -0.39 is 17.1 Å². The van der Waals surface area contributed by atoms with Crippen LogP contribution in [0.5, 0.6) is 23.0 Å². The number of methoxy groups -OCH3 is 1. The third kappa shape index (κ3) is 5.29. The Bertz CT molecular complexity index is 1830. The summed E-state index contributed by atoms with van der Waals surface area (Å²) >= 11 is 3.42. The number of benzene rings is 3. The van der Waals surface area contributed by atoms with Gasteiger partial charge in [0.1, 0.15) is 33.7 Å². The lowest BCUT2D eigenvalue weighted by molar-refractivity contribution is 0.158. The summed E-state index contributed by atoms with van der Waals surface area (Å²) < 4.78 is 24.6. The Labute approximate surface area is 245 Å². The Morgan fingerprint density at radius 2 is 1.88 bits per heavy atom. The molecule has 8 nitrogen and oxygen atoms in total. The van der Waals surface area contributed by atoms with Gasteiger partial charge in [0.15, 0.2) is 11.5 Å². The minimum atomic E-state index is -0.661. The van der Waals surface area contributed by atoms with Crippen molar-refractivity contribution in [3.63, 3.8) is 0 Å². The van der Waals surface area contributed by atoms with Crippen LogP contribution in [0.15, 0.2) is 67.8 Å². The van der Waals surface area contributed by atoms with Gasteiger partial charge in [0.05, 0.1) is 18.1 Å². The molecule has 0 radical (unpaired) electrons. The van der Waals surface area contributed by atoms with Crippen LogP contribution in [0.3, 0.4) is 0 Å². The minimum absolute atomic E-state index is 0.0313. The molecule has 1 aliphatic heterocycles. The topological polar surface area (TPSA) is 98.4 Å². The Kier molecular flexibility index (Phi) is 7.33. The molecule has 0 fully saturated rings. The fraction of sp³-hybridized carbons (Fsp3) is 0.250. The first-order valence-corrected chi connectivity index (χ1v) is 13.8. The minimum Gasteiger partial charge on any atom is -0.506 e. The second kappa shape index (κ2) is 10.6. The van der Waals surface area contributed by atoms with E-state index in [0.29, 0.717) is 29.0 Å². The largest absolute Gasteiger partial charge is 0.506 e. The van der Waals surface area contributed by atoms with E-state index in [4.69, 9.17) is 18.6 Å². The van der Waals surface area contributed by atoms with Crippen molar-refractivity contribution in [1.82, 2.24) is 0 Å². The zero-order chi connectivity index (χ0) is 29.6. The molecule has 1 amide bonds. The summed E-state index contributed by atoms with van der Waals surface area (Å²) in [7, 11) is 3.04. The number of phenols is 1. The molecule has 0 unspecified atom stereocenters. The van der Waals surface area contributed by atoms with Crippen LogP contribution in [0.2, 0.25) is 0 Å². The third-order valence-corrected chi connectivity index (χ3v) is 7.35. The van der Waals surface area contributed by atoms with Gasteiger partial charge in [0.25, 0.3) is 0 Å². The molecule has 41 heavy (non-hydrogen) atoms. The number of rotatable bonds is 5. The van der Waals surface area contributed by atoms with Gasteiger partial charge in [-0.3, -0.25) is 9.69 Å². The summed E-state index contributed by atoms with van der Waals surface area (Å²) in [5.41, 5.74) is 1.80. The number of hydrogen-bond acceptors (Lipinski definition) is 7. The van der Waals surface area contributed by atoms with Gasteiger partial charge in [-0.1, -0.05) is 33.6 Å². The Morgan fingerprint density at radius 3 is 2.56 bits per heavy atom. The molecule has 0 saturated carbocycles.